The number of carbonyl (C=O) groups excluding carboxylic acids is 2. The summed E-state index contributed by atoms with van der Waals surface area (Å²) in [6, 6.07) is 6.65. The standard InChI is InChI=1S/C20H32N4O4/c1-13(2)12-17(19(26)23-15-8-5-4-6-9-15)24-18(25)16(10-7-11-21)22-14(3)20(27)28/h4-6,8-9,13-14,16-17,22H,7,10-12,21H2,1-3H3,(H,23,26)(H,24,25)(H,27,28)/t14-,16+,17+/m1/s1. The summed E-state index contributed by atoms with van der Waals surface area (Å²) in [4.78, 5) is 36.6. The SMILES string of the molecule is CC(C)C[C@H](NC(=O)[C@H](CCCN)N[C@H](C)C(=O)O)C(=O)Nc1ccccc1. The molecule has 156 valence electrons. The summed E-state index contributed by atoms with van der Waals surface area (Å²) >= 11 is 0. The van der Waals surface area contributed by atoms with E-state index in [0.29, 0.717) is 31.5 Å². The first kappa shape index (κ1) is 23.6. The maximum atomic E-state index is 12.8. The van der Waals surface area contributed by atoms with E-state index >= 15 is 0 Å². The zero-order valence-electron chi connectivity index (χ0n) is 16.8. The van der Waals surface area contributed by atoms with Gasteiger partial charge in [0.15, 0.2) is 0 Å². The summed E-state index contributed by atoms with van der Waals surface area (Å²) in [7, 11) is 0. The van der Waals surface area contributed by atoms with Crippen molar-refractivity contribution in [2.24, 2.45) is 11.7 Å². The van der Waals surface area contributed by atoms with Crippen molar-refractivity contribution in [1.29, 1.82) is 0 Å². The molecular weight excluding hydrogens is 360 g/mol. The second kappa shape index (κ2) is 12.1. The molecule has 0 aromatic heterocycles. The van der Waals surface area contributed by atoms with Crippen molar-refractivity contribution >= 4 is 23.5 Å². The Balaban J connectivity index is 2.86. The Kier molecular flexibility index (Phi) is 10.2. The van der Waals surface area contributed by atoms with E-state index in [0.717, 1.165) is 0 Å². The summed E-state index contributed by atoms with van der Waals surface area (Å²) in [5.41, 5.74) is 6.18. The third-order valence-corrected chi connectivity index (χ3v) is 4.22. The van der Waals surface area contributed by atoms with Gasteiger partial charge in [-0.15, -0.1) is 0 Å². The van der Waals surface area contributed by atoms with Crippen molar-refractivity contribution < 1.29 is 19.5 Å². The van der Waals surface area contributed by atoms with Gasteiger partial charge in [0.25, 0.3) is 0 Å². The van der Waals surface area contributed by atoms with Gasteiger partial charge in [-0.1, -0.05) is 32.0 Å². The minimum atomic E-state index is -1.05. The molecule has 0 saturated heterocycles. The zero-order chi connectivity index (χ0) is 21.1. The van der Waals surface area contributed by atoms with Crippen molar-refractivity contribution in [3.8, 4) is 0 Å². The van der Waals surface area contributed by atoms with Crippen molar-refractivity contribution in [2.75, 3.05) is 11.9 Å². The first-order valence-electron chi connectivity index (χ1n) is 9.59. The molecule has 0 fully saturated rings. The average Bonchev–Trinajstić information content (AvgIpc) is 2.64. The number of carbonyl (C=O) groups is 3. The van der Waals surface area contributed by atoms with E-state index < -0.39 is 30.0 Å². The molecule has 0 aliphatic heterocycles. The van der Waals surface area contributed by atoms with E-state index in [2.05, 4.69) is 16.0 Å². The van der Waals surface area contributed by atoms with Crippen LogP contribution in [0.2, 0.25) is 0 Å². The smallest absolute Gasteiger partial charge is 0.320 e. The van der Waals surface area contributed by atoms with E-state index in [4.69, 9.17) is 10.8 Å². The van der Waals surface area contributed by atoms with Gasteiger partial charge in [0.05, 0.1) is 6.04 Å². The molecule has 8 heteroatoms. The summed E-state index contributed by atoms with van der Waals surface area (Å²) in [5, 5.41) is 17.5. The molecule has 0 bridgehead atoms. The van der Waals surface area contributed by atoms with Crippen molar-refractivity contribution in [1.82, 2.24) is 10.6 Å². The van der Waals surface area contributed by atoms with Gasteiger partial charge in [-0.3, -0.25) is 19.7 Å². The summed E-state index contributed by atoms with van der Waals surface area (Å²) in [5.74, 6) is -1.58. The monoisotopic (exact) mass is 392 g/mol. The number of hydrogen-bond donors (Lipinski definition) is 5. The van der Waals surface area contributed by atoms with E-state index in [1.54, 1.807) is 12.1 Å². The Morgan fingerprint density at radius 1 is 1.04 bits per heavy atom. The predicted molar refractivity (Wildman–Crippen MR) is 109 cm³/mol. The van der Waals surface area contributed by atoms with Crippen molar-refractivity contribution in [3.05, 3.63) is 30.3 Å². The van der Waals surface area contributed by atoms with E-state index in [9.17, 15) is 14.4 Å². The highest BCUT2D eigenvalue weighted by Gasteiger charge is 2.28. The van der Waals surface area contributed by atoms with Gasteiger partial charge in [0.2, 0.25) is 11.8 Å². The van der Waals surface area contributed by atoms with Crippen LogP contribution in [0.5, 0.6) is 0 Å². The summed E-state index contributed by atoms with van der Waals surface area (Å²) in [6.07, 6.45) is 1.40. The Labute approximate surface area is 166 Å². The molecule has 0 saturated carbocycles. The van der Waals surface area contributed by atoms with Gasteiger partial charge < -0.3 is 21.5 Å². The highest BCUT2D eigenvalue weighted by Crippen LogP contribution is 2.11. The van der Waals surface area contributed by atoms with Gasteiger partial charge in [0, 0.05) is 5.69 Å². The Hall–Kier alpha value is -2.45. The van der Waals surface area contributed by atoms with Crippen LogP contribution in [0.4, 0.5) is 5.69 Å². The maximum Gasteiger partial charge on any atom is 0.320 e. The third kappa shape index (κ3) is 8.49. The predicted octanol–water partition coefficient (Wildman–Crippen LogP) is 1.33. The van der Waals surface area contributed by atoms with Crippen LogP contribution in [0, 0.1) is 5.92 Å². The van der Waals surface area contributed by atoms with Gasteiger partial charge >= 0.3 is 5.97 Å². The molecule has 0 aliphatic carbocycles. The molecule has 0 unspecified atom stereocenters. The normalized spacial score (nSPS) is 14.2. The average molecular weight is 392 g/mol. The topological polar surface area (TPSA) is 134 Å². The fraction of sp³-hybridized carbons (Fsp3) is 0.550. The molecule has 2 amide bonds. The highest BCUT2D eigenvalue weighted by molar-refractivity contribution is 5.97. The number of nitrogens with two attached hydrogens (primary N) is 1. The van der Waals surface area contributed by atoms with Crippen LogP contribution in [0.1, 0.15) is 40.0 Å². The van der Waals surface area contributed by atoms with Crippen LogP contribution in [-0.4, -0.2) is 47.6 Å². The number of para-hydroxylation sites is 1. The molecular formula is C20H32N4O4. The number of amides is 2. The number of anilines is 1. The fourth-order valence-corrected chi connectivity index (χ4v) is 2.71. The summed E-state index contributed by atoms with van der Waals surface area (Å²) < 4.78 is 0. The second-order valence-electron chi connectivity index (χ2n) is 7.26. The molecule has 0 radical (unpaired) electrons. The Morgan fingerprint density at radius 3 is 2.21 bits per heavy atom. The third-order valence-electron chi connectivity index (χ3n) is 4.22. The molecule has 8 nitrogen and oxygen atoms in total. The molecule has 28 heavy (non-hydrogen) atoms. The van der Waals surface area contributed by atoms with Crippen LogP contribution in [0.3, 0.4) is 0 Å². The lowest BCUT2D eigenvalue weighted by Gasteiger charge is -2.25. The van der Waals surface area contributed by atoms with Crippen LogP contribution >= 0.6 is 0 Å². The second-order valence-corrected chi connectivity index (χ2v) is 7.26. The maximum absolute atomic E-state index is 12.8. The highest BCUT2D eigenvalue weighted by atomic mass is 16.4. The van der Waals surface area contributed by atoms with Crippen LogP contribution in [0.25, 0.3) is 0 Å². The van der Waals surface area contributed by atoms with Crippen LogP contribution in [0.15, 0.2) is 30.3 Å². The van der Waals surface area contributed by atoms with Crippen LogP contribution in [-0.2, 0) is 14.4 Å². The molecule has 0 spiro atoms. The molecule has 0 aliphatic rings. The quantitative estimate of drug-likeness (QED) is 0.364. The lowest BCUT2D eigenvalue weighted by atomic mass is 10.0. The molecule has 0 heterocycles. The number of nitrogens with one attached hydrogen (secondary N) is 3. The van der Waals surface area contributed by atoms with Crippen molar-refractivity contribution in [2.45, 2.75) is 58.2 Å². The van der Waals surface area contributed by atoms with Gasteiger partial charge in [0.1, 0.15) is 12.1 Å². The molecule has 3 atom stereocenters. The number of rotatable bonds is 12. The number of benzene rings is 1. The van der Waals surface area contributed by atoms with Gasteiger partial charge in [-0.2, -0.15) is 0 Å². The number of aliphatic carboxylic acids is 1. The lowest BCUT2D eigenvalue weighted by molar-refractivity contribution is -0.139. The largest absolute Gasteiger partial charge is 0.480 e. The summed E-state index contributed by atoms with van der Waals surface area (Å²) in [6.45, 7) is 5.78. The lowest BCUT2D eigenvalue weighted by Crippen LogP contribution is -2.54. The van der Waals surface area contributed by atoms with Gasteiger partial charge in [-0.05, 0) is 50.8 Å². The van der Waals surface area contributed by atoms with Gasteiger partial charge in [-0.25, -0.2) is 0 Å². The zero-order valence-corrected chi connectivity index (χ0v) is 16.8. The fourth-order valence-electron chi connectivity index (χ4n) is 2.71. The number of carboxylic acids is 1. The van der Waals surface area contributed by atoms with Crippen molar-refractivity contribution in [3.63, 3.8) is 0 Å². The minimum Gasteiger partial charge on any atom is -0.480 e. The Morgan fingerprint density at radius 2 is 1.68 bits per heavy atom. The molecule has 6 N–H and O–H groups in total. The Bertz CT molecular complexity index is 636. The molecule has 1 rings (SSSR count). The van der Waals surface area contributed by atoms with E-state index in [1.165, 1.54) is 6.92 Å². The minimum absolute atomic E-state index is 0.181. The number of carboxylic acid groups (broad SMARTS) is 1. The number of hydrogen-bond acceptors (Lipinski definition) is 5. The van der Waals surface area contributed by atoms with E-state index in [-0.39, 0.29) is 11.8 Å². The van der Waals surface area contributed by atoms with E-state index in [1.807, 2.05) is 32.0 Å². The first-order chi connectivity index (χ1) is 13.2. The van der Waals surface area contributed by atoms with Crippen LogP contribution < -0.4 is 21.7 Å². The molecule has 1 aromatic rings. The molecule has 1 aromatic carbocycles. The first-order valence-corrected chi connectivity index (χ1v) is 9.59.